The molecule has 3 aromatic rings. The van der Waals surface area contributed by atoms with Crippen LogP contribution in [0.15, 0.2) is 83.1 Å². The highest BCUT2D eigenvalue weighted by Gasteiger charge is 2.60. The number of hydrogen-bond acceptors (Lipinski definition) is 5. The molecule has 3 aliphatic rings. The summed E-state index contributed by atoms with van der Waals surface area (Å²) < 4.78 is 0. The lowest BCUT2D eigenvalue weighted by Crippen LogP contribution is -2.52. The highest BCUT2D eigenvalue weighted by atomic mass is 35.5. The van der Waals surface area contributed by atoms with Crippen molar-refractivity contribution in [3.8, 4) is 0 Å². The first-order valence-corrected chi connectivity index (χ1v) is 12.2. The number of thiophene rings is 1. The molecular weight excluding hydrogens is 468 g/mol. The molecule has 168 valence electrons. The number of pyridine rings is 1. The molecular formula is C26H19ClN4O2S. The Bertz CT molecular complexity index is 1390. The first-order valence-electron chi connectivity index (χ1n) is 10.9. The van der Waals surface area contributed by atoms with Crippen molar-refractivity contribution in [2.45, 2.75) is 12.1 Å². The van der Waals surface area contributed by atoms with Crippen molar-refractivity contribution >= 4 is 46.5 Å². The molecule has 6 nitrogen and oxygen atoms in total. The number of carbonyl (C=O) groups is 2. The molecule has 5 heterocycles. The molecule has 1 unspecified atom stereocenters. The quantitative estimate of drug-likeness (QED) is 0.537. The number of aliphatic imine (C=N–C) groups is 1. The fraction of sp³-hybridized carbons (Fsp3) is 0.154. The second-order valence-corrected chi connectivity index (χ2v) is 9.67. The number of aromatic nitrogens is 1. The summed E-state index contributed by atoms with van der Waals surface area (Å²) >= 11 is 7.79. The third-order valence-corrected chi connectivity index (χ3v) is 7.70. The highest BCUT2D eigenvalue weighted by molar-refractivity contribution is 7.11. The maximum atomic E-state index is 14.2. The first-order chi connectivity index (χ1) is 16.6. The van der Waals surface area contributed by atoms with Gasteiger partial charge in [0.05, 0.1) is 5.56 Å². The molecule has 0 N–H and O–H groups in total. The van der Waals surface area contributed by atoms with Gasteiger partial charge in [0, 0.05) is 76.5 Å². The minimum atomic E-state index is -1.07. The summed E-state index contributed by atoms with van der Waals surface area (Å²) in [5, 5.41) is 2.59. The summed E-state index contributed by atoms with van der Waals surface area (Å²) in [6, 6.07) is 13.1. The maximum absolute atomic E-state index is 14.2. The van der Waals surface area contributed by atoms with E-state index in [9.17, 15) is 9.59 Å². The van der Waals surface area contributed by atoms with E-state index in [-0.39, 0.29) is 11.8 Å². The normalized spacial score (nSPS) is 21.1. The number of fused-ring (bicyclic) bond motifs is 3. The molecule has 1 fully saturated rings. The van der Waals surface area contributed by atoms with E-state index in [1.165, 1.54) is 0 Å². The van der Waals surface area contributed by atoms with Gasteiger partial charge in [0.2, 0.25) is 0 Å². The van der Waals surface area contributed by atoms with Crippen LogP contribution in [0.3, 0.4) is 0 Å². The molecule has 0 aliphatic carbocycles. The minimum absolute atomic E-state index is 0.0989. The van der Waals surface area contributed by atoms with Crippen molar-refractivity contribution in [1.82, 2.24) is 14.8 Å². The lowest BCUT2D eigenvalue weighted by molar-refractivity contribution is -0.132. The average Bonchev–Trinajstić information content (AvgIpc) is 3.53. The summed E-state index contributed by atoms with van der Waals surface area (Å²) in [5.41, 5.74) is 2.54. The Hall–Kier alpha value is -3.55. The molecule has 3 aliphatic heterocycles. The van der Waals surface area contributed by atoms with Crippen molar-refractivity contribution in [2.75, 3.05) is 13.1 Å². The van der Waals surface area contributed by atoms with E-state index < -0.39 is 5.66 Å². The van der Waals surface area contributed by atoms with Gasteiger partial charge in [-0.25, -0.2) is 0 Å². The third-order valence-electron chi connectivity index (χ3n) is 6.53. The molecule has 0 radical (unpaired) electrons. The fourth-order valence-corrected chi connectivity index (χ4v) is 5.91. The molecule has 6 rings (SSSR count). The largest absolute Gasteiger partial charge is 0.306 e. The smallest absolute Gasteiger partial charge is 0.256 e. The van der Waals surface area contributed by atoms with Gasteiger partial charge in [-0.1, -0.05) is 29.8 Å². The van der Waals surface area contributed by atoms with Gasteiger partial charge in [0.25, 0.3) is 11.8 Å². The molecule has 0 spiro atoms. The summed E-state index contributed by atoms with van der Waals surface area (Å²) in [6.07, 6.45) is 9.18. The Labute approximate surface area is 205 Å². The monoisotopic (exact) mass is 486 g/mol. The second kappa shape index (κ2) is 8.04. The van der Waals surface area contributed by atoms with E-state index in [1.807, 2.05) is 35.7 Å². The number of amides is 2. The van der Waals surface area contributed by atoms with Gasteiger partial charge in [0.15, 0.2) is 5.66 Å². The predicted molar refractivity (Wildman–Crippen MR) is 133 cm³/mol. The van der Waals surface area contributed by atoms with Crippen LogP contribution in [0.1, 0.15) is 32.8 Å². The zero-order valence-corrected chi connectivity index (χ0v) is 19.6. The van der Waals surface area contributed by atoms with E-state index >= 15 is 0 Å². The number of carbonyl (C=O) groups excluding carboxylic acids is 2. The van der Waals surface area contributed by atoms with Gasteiger partial charge in [-0.15, -0.1) is 11.3 Å². The zero-order chi connectivity index (χ0) is 23.3. The summed E-state index contributed by atoms with van der Waals surface area (Å²) in [7, 11) is 0. The molecule has 2 aromatic heterocycles. The van der Waals surface area contributed by atoms with Crippen molar-refractivity contribution in [3.05, 3.63) is 105 Å². The van der Waals surface area contributed by atoms with Crippen LogP contribution < -0.4 is 0 Å². The molecule has 8 heteroatoms. The minimum Gasteiger partial charge on any atom is -0.306 e. The number of nitrogens with zero attached hydrogens (tertiary/aromatic N) is 4. The lowest BCUT2D eigenvalue weighted by atomic mass is 9.90. The lowest BCUT2D eigenvalue weighted by Gasteiger charge is -2.40. The topological polar surface area (TPSA) is 65.9 Å². The number of halogens is 1. The van der Waals surface area contributed by atoms with E-state index in [0.29, 0.717) is 41.2 Å². The van der Waals surface area contributed by atoms with Crippen molar-refractivity contribution < 1.29 is 9.59 Å². The molecule has 0 saturated carbocycles. The number of benzene rings is 1. The van der Waals surface area contributed by atoms with Crippen molar-refractivity contribution in [2.24, 2.45) is 4.99 Å². The molecule has 1 saturated heterocycles. The van der Waals surface area contributed by atoms with Gasteiger partial charge in [-0.2, -0.15) is 0 Å². The molecule has 34 heavy (non-hydrogen) atoms. The van der Waals surface area contributed by atoms with Crippen LogP contribution >= 0.6 is 22.9 Å². The highest BCUT2D eigenvalue weighted by Crippen LogP contribution is 2.50. The summed E-state index contributed by atoms with van der Waals surface area (Å²) in [4.78, 5) is 40.9. The molecule has 1 atom stereocenters. The second-order valence-electron chi connectivity index (χ2n) is 8.28. The van der Waals surface area contributed by atoms with Crippen LogP contribution in [0.25, 0.3) is 5.57 Å². The van der Waals surface area contributed by atoms with Crippen LogP contribution in [0, 0.1) is 0 Å². The van der Waals surface area contributed by atoms with Crippen LogP contribution in [0.5, 0.6) is 0 Å². The Kier molecular flexibility index (Phi) is 4.97. The first kappa shape index (κ1) is 21.0. The van der Waals surface area contributed by atoms with Crippen LogP contribution in [-0.4, -0.2) is 45.9 Å². The Balaban J connectivity index is 1.51. The van der Waals surface area contributed by atoms with Gasteiger partial charge in [0.1, 0.15) is 0 Å². The average molecular weight is 487 g/mol. The Morgan fingerprint density at radius 3 is 2.76 bits per heavy atom. The van der Waals surface area contributed by atoms with E-state index in [0.717, 1.165) is 16.0 Å². The maximum Gasteiger partial charge on any atom is 0.256 e. The van der Waals surface area contributed by atoms with Gasteiger partial charge >= 0.3 is 0 Å². The van der Waals surface area contributed by atoms with Gasteiger partial charge < -0.3 is 9.80 Å². The van der Waals surface area contributed by atoms with Crippen molar-refractivity contribution in [1.29, 1.82) is 0 Å². The molecule has 0 bridgehead atoms. The van der Waals surface area contributed by atoms with Crippen molar-refractivity contribution in [3.63, 3.8) is 0 Å². The van der Waals surface area contributed by atoms with Crippen LogP contribution in [-0.2, 0) is 10.5 Å². The van der Waals surface area contributed by atoms with Crippen LogP contribution in [0.2, 0.25) is 5.02 Å². The van der Waals surface area contributed by atoms with Gasteiger partial charge in [-0.3, -0.25) is 19.6 Å². The van der Waals surface area contributed by atoms with Gasteiger partial charge in [-0.05, 0) is 35.7 Å². The number of allylic oxidation sites excluding steroid dienone is 2. The SMILES string of the molecule is O=C(C1=CC(c2cccs2)=CN=CC1)N1CCN2C(=O)c3ccncc3C12c1ccc(Cl)cc1. The predicted octanol–water partition coefficient (Wildman–Crippen LogP) is 4.74. The fourth-order valence-electron chi connectivity index (χ4n) is 5.08. The number of hydrogen-bond donors (Lipinski definition) is 0. The third kappa shape index (κ3) is 3.01. The van der Waals surface area contributed by atoms with E-state index in [2.05, 4.69) is 9.98 Å². The van der Waals surface area contributed by atoms with Crippen LogP contribution in [0.4, 0.5) is 0 Å². The Morgan fingerprint density at radius 1 is 1.12 bits per heavy atom. The standard InChI is InChI=1S/C26H19ClN4O2S/c27-20-5-3-19(4-6-20)26-22-16-29-10-8-21(22)25(33)31(26)12-11-30(26)24(32)17-7-9-28-15-18(14-17)23-2-1-13-34-23/h1-6,8-10,13-16H,7,11-12H2. The molecule has 1 aromatic carbocycles. The van der Waals surface area contributed by atoms with E-state index in [1.54, 1.807) is 64.1 Å². The zero-order valence-electron chi connectivity index (χ0n) is 18.0. The Morgan fingerprint density at radius 2 is 1.97 bits per heavy atom. The summed E-state index contributed by atoms with van der Waals surface area (Å²) in [6.45, 7) is 0.838. The number of rotatable bonds is 3. The van der Waals surface area contributed by atoms with E-state index in [4.69, 9.17) is 11.6 Å². The summed E-state index contributed by atoms with van der Waals surface area (Å²) in [5.74, 6) is -0.226. The molecule has 2 amide bonds.